The molecule has 0 aliphatic heterocycles. The van der Waals surface area contributed by atoms with Gasteiger partial charge in [-0.05, 0) is 26.2 Å². The lowest BCUT2D eigenvalue weighted by Crippen LogP contribution is -2.18. The number of hydrogen-bond donors (Lipinski definition) is 1. The molecule has 1 unspecified atom stereocenters. The summed E-state index contributed by atoms with van der Waals surface area (Å²) in [6.45, 7) is 4.47. The Morgan fingerprint density at radius 2 is 2.40 bits per heavy atom. The molecule has 0 aromatic carbocycles. The molecule has 1 saturated carbocycles. The Labute approximate surface area is 91.9 Å². The highest BCUT2D eigenvalue weighted by Gasteiger charge is 2.25. The van der Waals surface area contributed by atoms with Crippen LogP contribution in [0, 0.1) is 0 Å². The fraction of sp³-hybridized carbons (Fsp3) is 0.750. The number of unbranched alkanes of at least 4 members (excludes halogenated alkanes) is 1. The third-order valence-corrected chi connectivity index (χ3v) is 2.98. The molecule has 0 radical (unpaired) electrons. The van der Waals surface area contributed by atoms with E-state index >= 15 is 0 Å². The Balaban J connectivity index is 1.88. The van der Waals surface area contributed by atoms with Crippen LogP contribution in [0.5, 0.6) is 0 Å². The van der Waals surface area contributed by atoms with Gasteiger partial charge in [-0.2, -0.15) is 0 Å². The van der Waals surface area contributed by atoms with Gasteiger partial charge in [-0.15, -0.1) is 0 Å². The van der Waals surface area contributed by atoms with Crippen LogP contribution in [-0.2, 0) is 0 Å². The Bertz CT molecular complexity index is 302. The molecule has 1 atom stereocenters. The Hall–Kier alpha value is -0.990. The summed E-state index contributed by atoms with van der Waals surface area (Å²) in [5.74, 6) is 1.06. The second kappa shape index (κ2) is 4.69. The maximum Gasteiger partial charge on any atom is 0.203 e. The van der Waals surface area contributed by atoms with Crippen molar-refractivity contribution in [2.75, 3.05) is 5.32 Å². The SMILES string of the molecule is CCCCC(C)Nc1nccn1C1CC1. The van der Waals surface area contributed by atoms with Crippen molar-refractivity contribution in [2.24, 2.45) is 0 Å². The van der Waals surface area contributed by atoms with Gasteiger partial charge in [0, 0.05) is 24.5 Å². The third kappa shape index (κ3) is 2.74. The maximum absolute atomic E-state index is 4.38. The van der Waals surface area contributed by atoms with Crippen molar-refractivity contribution in [1.29, 1.82) is 0 Å². The zero-order chi connectivity index (χ0) is 10.7. The molecular weight excluding hydrogens is 186 g/mol. The molecule has 1 N–H and O–H groups in total. The monoisotopic (exact) mass is 207 g/mol. The van der Waals surface area contributed by atoms with Gasteiger partial charge in [-0.3, -0.25) is 0 Å². The van der Waals surface area contributed by atoms with Crippen molar-refractivity contribution in [1.82, 2.24) is 9.55 Å². The van der Waals surface area contributed by atoms with Crippen LogP contribution >= 0.6 is 0 Å². The number of anilines is 1. The van der Waals surface area contributed by atoms with Gasteiger partial charge < -0.3 is 9.88 Å². The Morgan fingerprint density at radius 3 is 3.07 bits per heavy atom. The van der Waals surface area contributed by atoms with Crippen molar-refractivity contribution >= 4 is 5.95 Å². The fourth-order valence-corrected chi connectivity index (χ4v) is 1.88. The van der Waals surface area contributed by atoms with Crippen LogP contribution in [0.2, 0.25) is 0 Å². The van der Waals surface area contributed by atoms with E-state index in [-0.39, 0.29) is 0 Å². The van der Waals surface area contributed by atoms with Crippen molar-refractivity contribution in [2.45, 2.75) is 58.0 Å². The predicted octanol–water partition coefficient (Wildman–Crippen LogP) is 3.21. The van der Waals surface area contributed by atoms with E-state index in [1.54, 1.807) is 0 Å². The van der Waals surface area contributed by atoms with E-state index in [0.717, 1.165) is 5.95 Å². The van der Waals surface area contributed by atoms with E-state index in [9.17, 15) is 0 Å². The number of rotatable bonds is 6. The molecular formula is C12H21N3. The second-order valence-electron chi connectivity index (χ2n) is 4.58. The average Bonchev–Trinajstić information content (AvgIpc) is 2.97. The summed E-state index contributed by atoms with van der Waals surface area (Å²) in [5.41, 5.74) is 0. The molecule has 84 valence electrons. The first-order chi connectivity index (χ1) is 7.31. The molecule has 0 amide bonds. The minimum atomic E-state index is 0.532. The van der Waals surface area contributed by atoms with Gasteiger partial charge in [0.25, 0.3) is 0 Å². The van der Waals surface area contributed by atoms with Crippen LogP contribution in [0.25, 0.3) is 0 Å². The smallest absolute Gasteiger partial charge is 0.203 e. The summed E-state index contributed by atoms with van der Waals surface area (Å²) in [7, 11) is 0. The molecule has 1 aliphatic carbocycles. The quantitative estimate of drug-likeness (QED) is 0.776. The summed E-state index contributed by atoms with van der Waals surface area (Å²) in [4.78, 5) is 4.38. The summed E-state index contributed by atoms with van der Waals surface area (Å²) in [5, 5.41) is 3.50. The summed E-state index contributed by atoms with van der Waals surface area (Å²) < 4.78 is 2.28. The lowest BCUT2D eigenvalue weighted by molar-refractivity contribution is 0.630. The summed E-state index contributed by atoms with van der Waals surface area (Å²) in [6.07, 6.45) is 10.4. The largest absolute Gasteiger partial charge is 0.353 e. The van der Waals surface area contributed by atoms with Crippen molar-refractivity contribution < 1.29 is 0 Å². The van der Waals surface area contributed by atoms with Crippen LogP contribution in [0.4, 0.5) is 5.95 Å². The molecule has 15 heavy (non-hydrogen) atoms. The molecule has 1 heterocycles. The zero-order valence-corrected chi connectivity index (χ0v) is 9.74. The van der Waals surface area contributed by atoms with Crippen molar-refractivity contribution in [3.05, 3.63) is 12.4 Å². The van der Waals surface area contributed by atoms with Gasteiger partial charge in [0.15, 0.2) is 0 Å². The molecule has 1 aromatic rings. The van der Waals surface area contributed by atoms with E-state index in [0.29, 0.717) is 12.1 Å². The summed E-state index contributed by atoms with van der Waals surface area (Å²) >= 11 is 0. The molecule has 3 nitrogen and oxygen atoms in total. The number of aromatic nitrogens is 2. The average molecular weight is 207 g/mol. The van der Waals surface area contributed by atoms with Crippen LogP contribution in [0.1, 0.15) is 52.0 Å². The number of imidazole rings is 1. The molecule has 1 aliphatic rings. The minimum Gasteiger partial charge on any atom is -0.353 e. The van der Waals surface area contributed by atoms with E-state index < -0.39 is 0 Å². The molecule has 0 spiro atoms. The van der Waals surface area contributed by atoms with Gasteiger partial charge in [-0.25, -0.2) is 4.98 Å². The summed E-state index contributed by atoms with van der Waals surface area (Å²) in [6, 6.07) is 1.25. The second-order valence-corrected chi connectivity index (χ2v) is 4.58. The maximum atomic E-state index is 4.38. The van der Waals surface area contributed by atoms with Gasteiger partial charge in [0.05, 0.1) is 0 Å². The Morgan fingerprint density at radius 1 is 1.60 bits per heavy atom. The van der Waals surface area contributed by atoms with Crippen LogP contribution < -0.4 is 5.32 Å². The van der Waals surface area contributed by atoms with Crippen LogP contribution in [0.3, 0.4) is 0 Å². The van der Waals surface area contributed by atoms with Crippen molar-refractivity contribution in [3.8, 4) is 0 Å². The van der Waals surface area contributed by atoms with Crippen LogP contribution in [-0.4, -0.2) is 15.6 Å². The topological polar surface area (TPSA) is 29.9 Å². The number of nitrogens with zero attached hydrogens (tertiary/aromatic N) is 2. The highest BCUT2D eigenvalue weighted by molar-refractivity contribution is 5.29. The fourth-order valence-electron chi connectivity index (χ4n) is 1.88. The first-order valence-corrected chi connectivity index (χ1v) is 6.10. The highest BCUT2D eigenvalue weighted by atomic mass is 15.2. The normalized spacial score (nSPS) is 17.7. The van der Waals surface area contributed by atoms with Crippen LogP contribution in [0.15, 0.2) is 12.4 Å². The van der Waals surface area contributed by atoms with Gasteiger partial charge in [0.2, 0.25) is 5.95 Å². The number of nitrogens with one attached hydrogen (secondary N) is 1. The predicted molar refractivity (Wildman–Crippen MR) is 63.1 cm³/mol. The van der Waals surface area contributed by atoms with Gasteiger partial charge in [0.1, 0.15) is 0 Å². The standard InChI is InChI=1S/C12H21N3/c1-3-4-5-10(2)14-12-13-8-9-15(12)11-6-7-11/h8-11H,3-7H2,1-2H3,(H,13,14). The van der Waals surface area contributed by atoms with Gasteiger partial charge in [-0.1, -0.05) is 19.8 Å². The molecule has 1 aromatic heterocycles. The van der Waals surface area contributed by atoms with E-state index in [1.165, 1.54) is 32.1 Å². The lowest BCUT2D eigenvalue weighted by Gasteiger charge is -2.15. The minimum absolute atomic E-state index is 0.532. The lowest BCUT2D eigenvalue weighted by atomic mass is 10.1. The molecule has 3 heteroatoms. The third-order valence-electron chi connectivity index (χ3n) is 2.98. The molecule has 0 saturated heterocycles. The number of hydrogen-bond acceptors (Lipinski definition) is 2. The molecule has 2 rings (SSSR count). The molecule has 0 bridgehead atoms. The van der Waals surface area contributed by atoms with Gasteiger partial charge >= 0.3 is 0 Å². The Kier molecular flexibility index (Phi) is 3.29. The zero-order valence-electron chi connectivity index (χ0n) is 9.74. The van der Waals surface area contributed by atoms with E-state index in [2.05, 4.69) is 34.9 Å². The molecule has 1 fully saturated rings. The van der Waals surface area contributed by atoms with E-state index in [4.69, 9.17) is 0 Å². The first kappa shape index (κ1) is 10.5. The van der Waals surface area contributed by atoms with Crippen molar-refractivity contribution in [3.63, 3.8) is 0 Å². The van der Waals surface area contributed by atoms with E-state index in [1.807, 2.05) is 6.20 Å². The highest BCUT2D eigenvalue weighted by Crippen LogP contribution is 2.36. The first-order valence-electron chi connectivity index (χ1n) is 6.10.